The number of hydrogen-bond acceptors (Lipinski definition) is 4. The van der Waals surface area contributed by atoms with Crippen LogP contribution in [0.3, 0.4) is 0 Å². The average Bonchev–Trinajstić information content (AvgIpc) is 2.27. The molecule has 0 radical (unpaired) electrons. The molecule has 6 heteroatoms. The summed E-state index contributed by atoms with van der Waals surface area (Å²) in [7, 11) is 0. The van der Waals surface area contributed by atoms with E-state index in [-0.39, 0.29) is 5.56 Å². The summed E-state index contributed by atoms with van der Waals surface area (Å²) < 4.78 is 0.546. The van der Waals surface area contributed by atoms with E-state index in [9.17, 15) is 15.0 Å². The molecule has 0 aliphatic heterocycles. The Labute approximate surface area is 113 Å². The molecule has 0 fully saturated rings. The zero-order chi connectivity index (χ0) is 13.0. The van der Waals surface area contributed by atoms with Gasteiger partial charge in [-0.25, -0.2) is 4.79 Å². The van der Waals surface area contributed by atoms with E-state index >= 15 is 0 Å². The molecule has 0 aliphatic rings. The molecule has 0 spiro atoms. The van der Waals surface area contributed by atoms with Crippen molar-refractivity contribution in [2.45, 2.75) is 18.6 Å². The first kappa shape index (κ1) is 14.5. The number of thiol groups is 1. The smallest absolute Gasteiger partial charge is 0.335 e. The van der Waals surface area contributed by atoms with Crippen LogP contribution in [0.2, 0.25) is 0 Å². The molecule has 4 nitrogen and oxygen atoms in total. The van der Waals surface area contributed by atoms with Crippen LogP contribution < -0.4 is 0 Å². The molecule has 2 unspecified atom stereocenters. The fraction of sp³-hybridized carbons (Fsp3) is 0.364. The number of aromatic carboxylic acids is 1. The molecule has 0 heterocycles. The molecule has 2 atom stereocenters. The van der Waals surface area contributed by atoms with Gasteiger partial charge in [0.2, 0.25) is 0 Å². The van der Waals surface area contributed by atoms with Crippen LogP contribution in [0.5, 0.6) is 0 Å². The number of carbonyl (C=O) groups is 1. The van der Waals surface area contributed by atoms with Gasteiger partial charge in [-0.3, -0.25) is 0 Å². The summed E-state index contributed by atoms with van der Waals surface area (Å²) in [6.07, 6.45) is -1.74. The van der Waals surface area contributed by atoms with Gasteiger partial charge in [-0.15, -0.1) is 0 Å². The molecule has 1 aromatic carbocycles. The number of halogens is 1. The van der Waals surface area contributed by atoms with Crippen LogP contribution in [0.1, 0.15) is 28.4 Å². The number of aliphatic hydroxyl groups is 2. The SMILES string of the molecule is O=C(O)c1cc(Br)cc(C(O)C(O)CCS)c1. The third kappa shape index (κ3) is 3.99. The molecule has 94 valence electrons. The zero-order valence-corrected chi connectivity index (χ0v) is 11.4. The summed E-state index contributed by atoms with van der Waals surface area (Å²) >= 11 is 7.13. The summed E-state index contributed by atoms with van der Waals surface area (Å²) in [5, 5.41) is 28.4. The quantitative estimate of drug-likeness (QED) is 0.624. The number of carboxylic acid groups (broad SMARTS) is 1. The summed E-state index contributed by atoms with van der Waals surface area (Å²) in [5.41, 5.74) is 0.428. The molecule has 0 amide bonds. The Hall–Kier alpha value is -0.560. The van der Waals surface area contributed by atoms with Crippen molar-refractivity contribution >= 4 is 34.5 Å². The second-order valence-corrected chi connectivity index (χ2v) is 4.97. The molecule has 17 heavy (non-hydrogen) atoms. The number of hydrogen-bond donors (Lipinski definition) is 4. The fourth-order valence-electron chi connectivity index (χ4n) is 1.42. The molecule has 1 rings (SSSR count). The predicted molar refractivity (Wildman–Crippen MR) is 70.5 cm³/mol. The highest BCUT2D eigenvalue weighted by atomic mass is 79.9. The molecule has 3 N–H and O–H groups in total. The Morgan fingerprint density at radius 3 is 2.53 bits per heavy atom. The van der Waals surface area contributed by atoms with Gasteiger partial charge in [0.1, 0.15) is 6.10 Å². The molecule has 1 aromatic rings. The van der Waals surface area contributed by atoms with Gasteiger partial charge in [-0.05, 0) is 35.9 Å². The minimum absolute atomic E-state index is 0.0616. The number of benzene rings is 1. The zero-order valence-electron chi connectivity index (χ0n) is 8.88. The molecule has 0 aromatic heterocycles. The first-order valence-electron chi connectivity index (χ1n) is 4.96. The Bertz CT molecular complexity index is 410. The van der Waals surface area contributed by atoms with Crippen molar-refractivity contribution in [1.82, 2.24) is 0 Å². The summed E-state index contributed by atoms with van der Waals surface area (Å²) in [4.78, 5) is 10.8. The van der Waals surface area contributed by atoms with Crippen molar-refractivity contribution in [3.8, 4) is 0 Å². The van der Waals surface area contributed by atoms with Crippen LogP contribution in [0.15, 0.2) is 22.7 Å². The second kappa shape index (κ2) is 6.39. The first-order chi connectivity index (χ1) is 7.95. The van der Waals surface area contributed by atoms with Crippen LogP contribution in [0.25, 0.3) is 0 Å². The van der Waals surface area contributed by atoms with Crippen LogP contribution in [-0.4, -0.2) is 33.1 Å². The van der Waals surface area contributed by atoms with E-state index in [0.29, 0.717) is 22.2 Å². The maximum atomic E-state index is 10.8. The van der Waals surface area contributed by atoms with Gasteiger partial charge in [0.05, 0.1) is 11.7 Å². The van der Waals surface area contributed by atoms with Crippen molar-refractivity contribution < 1.29 is 20.1 Å². The predicted octanol–water partition coefficient (Wildman–Crippen LogP) is 1.86. The van der Waals surface area contributed by atoms with Gasteiger partial charge in [-0.1, -0.05) is 15.9 Å². The van der Waals surface area contributed by atoms with Crippen LogP contribution in [0.4, 0.5) is 0 Å². The Morgan fingerprint density at radius 2 is 2.00 bits per heavy atom. The van der Waals surface area contributed by atoms with E-state index in [1.807, 2.05) is 0 Å². The lowest BCUT2D eigenvalue weighted by Crippen LogP contribution is -2.19. The highest BCUT2D eigenvalue weighted by Gasteiger charge is 2.19. The normalized spacial score (nSPS) is 14.4. The first-order valence-corrected chi connectivity index (χ1v) is 6.39. The maximum absolute atomic E-state index is 10.8. The summed E-state index contributed by atoms with van der Waals surface area (Å²) in [5.74, 6) is -0.638. The number of aliphatic hydroxyl groups excluding tert-OH is 2. The van der Waals surface area contributed by atoms with Gasteiger partial charge in [0.25, 0.3) is 0 Å². The topological polar surface area (TPSA) is 77.8 Å². The summed E-state index contributed by atoms with van der Waals surface area (Å²) in [6.45, 7) is 0. The van der Waals surface area contributed by atoms with E-state index < -0.39 is 18.2 Å². The van der Waals surface area contributed by atoms with Crippen molar-refractivity contribution in [1.29, 1.82) is 0 Å². The largest absolute Gasteiger partial charge is 0.478 e. The van der Waals surface area contributed by atoms with E-state index in [1.54, 1.807) is 6.07 Å². The van der Waals surface area contributed by atoms with Crippen molar-refractivity contribution in [2.24, 2.45) is 0 Å². The van der Waals surface area contributed by atoms with Gasteiger partial charge < -0.3 is 15.3 Å². The fourth-order valence-corrected chi connectivity index (χ4v) is 2.19. The lowest BCUT2D eigenvalue weighted by atomic mass is 10.0. The number of rotatable bonds is 5. The molecule has 0 saturated heterocycles. The minimum atomic E-state index is -1.11. The van der Waals surface area contributed by atoms with Gasteiger partial charge >= 0.3 is 5.97 Å². The molecule has 0 aliphatic carbocycles. The Balaban J connectivity index is 3.01. The van der Waals surface area contributed by atoms with Gasteiger partial charge in [0, 0.05) is 4.47 Å². The lowest BCUT2D eigenvalue weighted by Gasteiger charge is -2.18. The van der Waals surface area contributed by atoms with Crippen LogP contribution in [-0.2, 0) is 0 Å². The van der Waals surface area contributed by atoms with Crippen molar-refractivity contribution in [3.05, 3.63) is 33.8 Å². The average molecular weight is 321 g/mol. The third-order valence-corrected chi connectivity index (χ3v) is 3.01. The lowest BCUT2D eigenvalue weighted by molar-refractivity contribution is 0.0171. The third-order valence-electron chi connectivity index (χ3n) is 2.30. The molecule has 0 saturated carbocycles. The summed E-state index contributed by atoms with van der Waals surface area (Å²) in [6, 6.07) is 4.36. The minimum Gasteiger partial charge on any atom is -0.478 e. The van der Waals surface area contributed by atoms with Gasteiger partial charge in [0.15, 0.2) is 0 Å². The van der Waals surface area contributed by atoms with Crippen molar-refractivity contribution in [3.63, 3.8) is 0 Å². The highest BCUT2D eigenvalue weighted by molar-refractivity contribution is 9.10. The monoisotopic (exact) mass is 320 g/mol. The molecule has 0 bridgehead atoms. The van der Waals surface area contributed by atoms with Crippen LogP contribution in [0, 0.1) is 0 Å². The molecular weight excluding hydrogens is 308 g/mol. The van der Waals surface area contributed by atoms with Gasteiger partial charge in [-0.2, -0.15) is 12.6 Å². The van der Waals surface area contributed by atoms with Crippen LogP contribution >= 0.6 is 28.6 Å². The highest BCUT2D eigenvalue weighted by Crippen LogP contribution is 2.24. The molecular formula is C11H13BrO4S. The Morgan fingerprint density at radius 1 is 1.35 bits per heavy atom. The van der Waals surface area contributed by atoms with E-state index in [0.717, 1.165) is 0 Å². The second-order valence-electron chi connectivity index (χ2n) is 3.60. The van der Waals surface area contributed by atoms with E-state index in [4.69, 9.17) is 5.11 Å². The maximum Gasteiger partial charge on any atom is 0.335 e. The standard InChI is InChI=1S/C11H13BrO4S/c12-8-4-6(3-7(5-8)11(15)16)10(14)9(13)1-2-17/h3-5,9-10,13-14,17H,1-2H2,(H,15,16). The van der Waals surface area contributed by atoms with E-state index in [1.165, 1.54) is 12.1 Å². The van der Waals surface area contributed by atoms with Crippen molar-refractivity contribution in [2.75, 3.05) is 5.75 Å². The van der Waals surface area contributed by atoms with E-state index in [2.05, 4.69) is 28.6 Å². The number of carboxylic acids is 1. The Kier molecular flexibility index (Phi) is 5.45.